The van der Waals surface area contributed by atoms with Crippen LogP contribution in [0.15, 0.2) is 78.9 Å². The number of likely N-dealkylation sites (N-methyl/N-ethyl adjacent to an activating group) is 3. The molecule has 3 aromatic rings. The molecule has 0 amide bonds. The van der Waals surface area contributed by atoms with Crippen LogP contribution in [0.2, 0.25) is 0 Å². The maximum atomic E-state index is 6.30. The first-order valence-corrected chi connectivity index (χ1v) is 17.2. The molecule has 0 N–H and O–H groups in total. The van der Waals surface area contributed by atoms with Crippen molar-refractivity contribution in [3.8, 4) is 0 Å². The van der Waals surface area contributed by atoms with Gasteiger partial charge in [-0.15, -0.1) is 0 Å². The van der Waals surface area contributed by atoms with Gasteiger partial charge in [-0.3, -0.25) is 14.7 Å². The van der Waals surface area contributed by atoms with Crippen molar-refractivity contribution in [3.63, 3.8) is 0 Å². The summed E-state index contributed by atoms with van der Waals surface area (Å²) in [6.45, 7) is 18.9. The van der Waals surface area contributed by atoms with Crippen LogP contribution in [0.4, 0.5) is 0 Å². The Balaban J connectivity index is 1.10. The van der Waals surface area contributed by atoms with Gasteiger partial charge in [-0.25, -0.2) is 0 Å². The number of nitrogens with zero attached hydrogens (tertiary/aromatic N) is 3. The van der Waals surface area contributed by atoms with Crippen molar-refractivity contribution in [2.45, 2.75) is 88.8 Å². The number of hydrogen-bond donors (Lipinski definition) is 0. The van der Waals surface area contributed by atoms with Crippen molar-refractivity contribution >= 4 is 0 Å². The molecule has 3 aliphatic rings. The van der Waals surface area contributed by atoms with Crippen LogP contribution in [0.3, 0.4) is 0 Å². The first-order valence-electron chi connectivity index (χ1n) is 17.2. The second-order valence-electron chi connectivity index (χ2n) is 14.8. The average Bonchev–Trinajstić information content (AvgIpc) is 3.05. The molecule has 0 saturated carbocycles. The molecule has 5 atom stereocenters. The molecule has 3 fully saturated rings. The van der Waals surface area contributed by atoms with E-state index in [9.17, 15) is 0 Å². The fraction of sp³-hybridized carbons (Fsp3) is 0.550. The van der Waals surface area contributed by atoms with E-state index >= 15 is 0 Å². The summed E-state index contributed by atoms with van der Waals surface area (Å²) in [7, 11) is 2.32. The lowest BCUT2D eigenvalue weighted by Crippen LogP contribution is -2.48. The molecule has 3 aliphatic heterocycles. The molecule has 4 heteroatoms. The molecular formula is C40H55N3O. The normalized spacial score (nSPS) is 32.5. The first kappa shape index (κ1) is 31.5. The molecule has 5 unspecified atom stereocenters. The third kappa shape index (κ3) is 6.16. The number of benzene rings is 3. The van der Waals surface area contributed by atoms with Gasteiger partial charge in [0.1, 0.15) is 5.60 Å². The van der Waals surface area contributed by atoms with Crippen LogP contribution in [-0.4, -0.2) is 67.6 Å². The molecule has 0 aliphatic carbocycles. The zero-order valence-electron chi connectivity index (χ0n) is 28.2. The summed E-state index contributed by atoms with van der Waals surface area (Å²) in [4.78, 5) is 7.79. The number of morpholine rings is 1. The molecule has 236 valence electrons. The Morgan fingerprint density at radius 1 is 0.659 bits per heavy atom. The summed E-state index contributed by atoms with van der Waals surface area (Å²) in [5.41, 5.74) is 7.34. The highest BCUT2D eigenvalue weighted by Gasteiger charge is 2.39. The Kier molecular flexibility index (Phi) is 9.10. The minimum Gasteiger partial charge on any atom is -0.368 e. The molecule has 3 heterocycles. The van der Waals surface area contributed by atoms with Crippen molar-refractivity contribution in [2.75, 3.05) is 52.9 Å². The predicted molar refractivity (Wildman–Crippen MR) is 183 cm³/mol. The van der Waals surface area contributed by atoms with Crippen molar-refractivity contribution in [1.82, 2.24) is 14.7 Å². The van der Waals surface area contributed by atoms with E-state index in [1.807, 2.05) is 0 Å². The van der Waals surface area contributed by atoms with Gasteiger partial charge in [0.05, 0.1) is 6.61 Å². The molecule has 44 heavy (non-hydrogen) atoms. The van der Waals surface area contributed by atoms with E-state index in [1.54, 1.807) is 0 Å². The Morgan fingerprint density at radius 3 is 1.84 bits per heavy atom. The number of hydrogen-bond acceptors (Lipinski definition) is 4. The van der Waals surface area contributed by atoms with Gasteiger partial charge in [-0.1, -0.05) is 107 Å². The maximum absolute atomic E-state index is 6.30. The lowest BCUT2D eigenvalue weighted by atomic mass is 9.72. The van der Waals surface area contributed by atoms with Gasteiger partial charge in [0.2, 0.25) is 0 Å². The topological polar surface area (TPSA) is 19.0 Å². The van der Waals surface area contributed by atoms with Crippen molar-refractivity contribution in [1.29, 1.82) is 0 Å². The van der Waals surface area contributed by atoms with Crippen LogP contribution in [0, 0.1) is 0 Å². The van der Waals surface area contributed by atoms with Gasteiger partial charge >= 0.3 is 0 Å². The van der Waals surface area contributed by atoms with Gasteiger partial charge in [-0.05, 0) is 80.6 Å². The summed E-state index contributed by atoms with van der Waals surface area (Å²) in [5, 5.41) is 0. The Hall–Kier alpha value is -2.50. The number of likely N-dealkylation sites (tertiary alicyclic amines) is 2. The van der Waals surface area contributed by atoms with Gasteiger partial charge in [0, 0.05) is 49.1 Å². The summed E-state index contributed by atoms with van der Waals surface area (Å²) >= 11 is 0. The smallest absolute Gasteiger partial charge is 0.103 e. The largest absolute Gasteiger partial charge is 0.368 e. The molecular weight excluding hydrogens is 538 g/mol. The minimum atomic E-state index is -0.219. The SMILES string of the molecule is CCN1CCOC(C)(c2ccc(C3CCC(C)(c4ccc(C5CCC(C)(c6ccccc6)CN5CC)cc4)CN3C)cc2)C1. The zero-order chi connectivity index (χ0) is 31.0. The van der Waals surface area contributed by atoms with E-state index in [4.69, 9.17) is 4.74 Å². The lowest BCUT2D eigenvalue weighted by molar-refractivity contribution is -0.102. The van der Waals surface area contributed by atoms with Gasteiger partial charge < -0.3 is 4.74 Å². The van der Waals surface area contributed by atoms with E-state index in [0.717, 1.165) is 45.9 Å². The van der Waals surface area contributed by atoms with Crippen molar-refractivity contribution < 1.29 is 4.74 Å². The molecule has 4 nitrogen and oxygen atoms in total. The molecule has 3 aromatic carbocycles. The molecule has 6 rings (SSSR count). The number of piperidine rings is 2. The molecule has 0 aromatic heterocycles. The lowest BCUT2D eigenvalue weighted by Gasteiger charge is -2.46. The molecule has 0 bridgehead atoms. The van der Waals surface area contributed by atoms with Crippen LogP contribution in [0.1, 0.15) is 100 Å². The standard InChI is InChI=1S/C40H55N3O/c1-7-42-26-27-44-40(5,30-42)35-20-16-31(17-21-35)36-22-24-38(3,28-41(36)6)34-18-14-32(15-19-34)37-23-25-39(4,29-43(37)8-2)33-12-10-9-11-13-33/h9-21,36-37H,7-8,22-30H2,1-6H3. The van der Waals surface area contributed by atoms with Crippen LogP contribution < -0.4 is 0 Å². The summed E-state index contributed by atoms with van der Waals surface area (Å²) in [5.74, 6) is 0. The van der Waals surface area contributed by atoms with E-state index in [-0.39, 0.29) is 16.4 Å². The second kappa shape index (κ2) is 12.7. The number of rotatable bonds is 7. The van der Waals surface area contributed by atoms with Crippen LogP contribution in [0.25, 0.3) is 0 Å². The third-order valence-corrected chi connectivity index (χ3v) is 11.6. The maximum Gasteiger partial charge on any atom is 0.103 e. The molecule has 3 saturated heterocycles. The van der Waals surface area contributed by atoms with Crippen LogP contribution in [-0.2, 0) is 21.2 Å². The van der Waals surface area contributed by atoms with Gasteiger partial charge in [0.15, 0.2) is 0 Å². The highest BCUT2D eigenvalue weighted by molar-refractivity contribution is 5.35. The highest BCUT2D eigenvalue weighted by atomic mass is 16.5. The van der Waals surface area contributed by atoms with E-state index in [0.29, 0.717) is 12.1 Å². The Morgan fingerprint density at radius 2 is 1.23 bits per heavy atom. The predicted octanol–water partition coefficient (Wildman–Crippen LogP) is 8.09. The summed E-state index contributed by atoms with van der Waals surface area (Å²) in [6, 6.07) is 31.3. The Bertz CT molecular complexity index is 1370. The minimum absolute atomic E-state index is 0.166. The number of ether oxygens (including phenoxy) is 1. The van der Waals surface area contributed by atoms with Crippen molar-refractivity contribution in [3.05, 3.63) is 107 Å². The third-order valence-electron chi connectivity index (χ3n) is 11.6. The molecule has 0 radical (unpaired) electrons. The van der Waals surface area contributed by atoms with Gasteiger partial charge in [0.25, 0.3) is 0 Å². The summed E-state index contributed by atoms with van der Waals surface area (Å²) in [6.07, 6.45) is 4.82. The fourth-order valence-corrected chi connectivity index (χ4v) is 8.69. The monoisotopic (exact) mass is 593 g/mol. The van der Waals surface area contributed by atoms with E-state index in [2.05, 4.69) is 135 Å². The Labute approximate surface area is 267 Å². The van der Waals surface area contributed by atoms with Crippen LogP contribution in [0.5, 0.6) is 0 Å². The summed E-state index contributed by atoms with van der Waals surface area (Å²) < 4.78 is 6.30. The van der Waals surface area contributed by atoms with Crippen molar-refractivity contribution in [2.24, 2.45) is 0 Å². The first-order chi connectivity index (χ1) is 21.2. The van der Waals surface area contributed by atoms with E-state index in [1.165, 1.54) is 53.5 Å². The zero-order valence-corrected chi connectivity index (χ0v) is 28.2. The van der Waals surface area contributed by atoms with E-state index < -0.39 is 0 Å². The molecule has 0 spiro atoms. The van der Waals surface area contributed by atoms with Gasteiger partial charge in [-0.2, -0.15) is 0 Å². The highest BCUT2D eigenvalue weighted by Crippen LogP contribution is 2.44. The average molecular weight is 594 g/mol. The quantitative estimate of drug-likeness (QED) is 0.276. The second-order valence-corrected chi connectivity index (χ2v) is 14.8. The fourth-order valence-electron chi connectivity index (χ4n) is 8.69. The van der Waals surface area contributed by atoms with Crippen LogP contribution >= 0.6 is 0 Å².